The van der Waals surface area contributed by atoms with Crippen LogP contribution in [0.1, 0.15) is 17.8 Å². The average molecular weight is 373 g/mol. The second-order valence-corrected chi connectivity index (χ2v) is 4.21. The zero-order chi connectivity index (χ0) is 13.1. The molecule has 0 bridgehead atoms. The van der Waals surface area contributed by atoms with Crippen LogP contribution in [-0.4, -0.2) is 28.0 Å². The van der Waals surface area contributed by atoms with Crippen molar-refractivity contribution in [3.63, 3.8) is 0 Å². The molecule has 0 aromatic carbocycles. The van der Waals surface area contributed by atoms with E-state index >= 15 is 0 Å². The van der Waals surface area contributed by atoms with E-state index in [1.54, 1.807) is 4.40 Å². The van der Waals surface area contributed by atoms with Crippen molar-refractivity contribution in [3.8, 4) is 11.8 Å². The molecule has 0 atom stereocenters. The molecular weight excluding hydrogens is 356 g/mol. The number of imidazole rings is 1. The second-order valence-electron chi connectivity index (χ2n) is 3.83. The summed E-state index contributed by atoms with van der Waals surface area (Å²) in [5, 5.41) is 3.50. The molecule has 2 aromatic rings. The minimum absolute atomic E-state index is 0. The van der Waals surface area contributed by atoms with Crippen LogP contribution in [0.2, 0.25) is 5.15 Å². The zero-order valence-corrected chi connectivity index (χ0v) is 14.7. The van der Waals surface area contributed by atoms with Gasteiger partial charge in [0.15, 0.2) is 11.5 Å². The summed E-state index contributed by atoms with van der Waals surface area (Å²) in [6.07, 6.45) is 2.27. The van der Waals surface area contributed by atoms with E-state index in [9.17, 15) is 0 Å². The quantitative estimate of drug-likeness (QED) is 0.627. The maximum atomic E-state index is 6.11. The number of nitrogens with one attached hydrogen (secondary N) is 1. The minimum Gasteiger partial charge on any atom is -0.381 e. The Morgan fingerprint density at radius 3 is 2.67 bits per heavy atom. The lowest BCUT2D eigenvalue weighted by Gasteiger charge is -2.00. The highest BCUT2D eigenvalue weighted by atomic mass is 35.5. The van der Waals surface area contributed by atoms with Gasteiger partial charge in [-0.15, -0.1) is 37.2 Å². The molecule has 0 saturated heterocycles. The maximum absolute atomic E-state index is 6.11. The van der Waals surface area contributed by atoms with Gasteiger partial charge in [0.05, 0.1) is 11.9 Å². The van der Waals surface area contributed by atoms with E-state index in [0.717, 1.165) is 24.4 Å². The van der Waals surface area contributed by atoms with Gasteiger partial charge in [0.2, 0.25) is 0 Å². The standard InChI is InChI=1S/C12H14ClN5.3ClH/c1-8-9(5-3-4-6-15-2)18-10(13)7-16-11(14)12(18)17-8;;;/h7,15H,4,6H2,1-2H3,(H2,14,16);3*1H. The van der Waals surface area contributed by atoms with E-state index in [0.29, 0.717) is 16.6 Å². The first kappa shape index (κ1) is 22.4. The fraction of sp³-hybridized carbons (Fsp3) is 0.333. The summed E-state index contributed by atoms with van der Waals surface area (Å²) in [7, 11) is 1.89. The van der Waals surface area contributed by atoms with Crippen molar-refractivity contribution in [2.45, 2.75) is 13.3 Å². The number of anilines is 1. The van der Waals surface area contributed by atoms with Gasteiger partial charge in [-0.25, -0.2) is 9.97 Å². The highest BCUT2D eigenvalue weighted by Crippen LogP contribution is 2.20. The summed E-state index contributed by atoms with van der Waals surface area (Å²) in [5.41, 5.74) is 7.89. The topological polar surface area (TPSA) is 68.2 Å². The van der Waals surface area contributed by atoms with Crippen LogP contribution in [0, 0.1) is 18.8 Å². The molecule has 0 aliphatic rings. The third-order valence-electron chi connectivity index (χ3n) is 2.51. The van der Waals surface area contributed by atoms with Gasteiger partial charge in [-0.1, -0.05) is 17.5 Å². The molecule has 5 nitrogen and oxygen atoms in total. The van der Waals surface area contributed by atoms with Gasteiger partial charge in [0.1, 0.15) is 10.8 Å². The van der Waals surface area contributed by atoms with Gasteiger partial charge >= 0.3 is 0 Å². The number of hydrogen-bond acceptors (Lipinski definition) is 4. The molecule has 0 radical (unpaired) electrons. The molecule has 0 fully saturated rings. The first-order valence-corrected chi connectivity index (χ1v) is 5.95. The van der Waals surface area contributed by atoms with E-state index in [4.69, 9.17) is 17.3 Å². The predicted molar refractivity (Wildman–Crippen MR) is 94.3 cm³/mol. The van der Waals surface area contributed by atoms with Crippen LogP contribution in [-0.2, 0) is 0 Å². The molecule has 0 amide bonds. The molecule has 2 heterocycles. The first-order chi connectivity index (χ1) is 8.65. The number of aryl methyl sites for hydroxylation is 1. The molecule has 0 saturated carbocycles. The average Bonchev–Trinajstić information content (AvgIpc) is 2.68. The number of rotatable bonds is 2. The predicted octanol–water partition coefficient (Wildman–Crippen LogP) is 2.50. The van der Waals surface area contributed by atoms with Crippen LogP contribution >= 0.6 is 48.8 Å². The van der Waals surface area contributed by atoms with E-state index < -0.39 is 0 Å². The van der Waals surface area contributed by atoms with Crippen molar-refractivity contribution < 1.29 is 0 Å². The summed E-state index contributed by atoms with van der Waals surface area (Å²) in [4.78, 5) is 8.32. The summed E-state index contributed by atoms with van der Waals surface area (Å²) in [5.74, 6) is 6.51. The van der Waals surface area contributed by atoms with Crippen LogP contribution in [0.4, 0.5) is 5.82 Å². The summed E-state index contributed by atoms with van der Waals surface area (Å²) in [6, 6.07) is 0. The minimum atomic E-state index is 0. The Labute approximate surface area is 147 Å². The largest absolute Gasteiger partial charge is 0.381 e. The molecule has 3 N–H and O–H groups in total. The van der Waals surface area contributed by atoms with Crippen molar-refractivity contribution in [2.75, 3.05) is 19.3 Å². The number of fused-ring (bicyclic) bond motifs is 1. The van der Waals surface area contributed by atoms with Crippen LogP contribution in [0.25, 0.3) is 5.65 Å². The molecule has 9 heteroatoms. The third-order valence-corrected chi connectivity index (χ3v) is 2.78. The lowest BCUT2D eigenvalue weighted by molar-refractivity contribution is 0.818. The Balaban J connectivity index is 0. The number of nitrogen functional groups attached to an aromatic ring is 1. The third kappa shape index (κ3) is 4.80. The van der Waals surface area contributed by atoms with E-state index in [1.165, 1.54) is 6.20 Å². The lowest BCUT2D eigenvalue weighted by Crippen LogP contribution is -2.06. The van der Waals surface area contributed by atoms with Crippen LogP contribution < -0.4 is 11.1 Å². The number of nitrogens with zero attached hydrogens (tertiary/aromatic N) is 3. The normalized spacial score (nSPS) is 8.90. The lowest BCUT2D eigenvalue weighted by atomic mass is 10.3. The Morgan fingerprint density at radius 1 is 1.38 bits per heavy atom. The van der Waals surface area contributed by atoms with Crippen LogP contribution in [0.3, 0.4) is 0 Å². The fourth-order valence-corrected chi connectivity index (χ4v) is 1.84. The molecule has 118 valence electrons. The number of nitrogens with two attached hydrogens (primary N) is 1. The van der Waals surface area contributed by atoms with Gasteiger partial charge in [-0.05, 0) is 19.9 Å². The first-order valence-electron chi connectivity index (χ1n) is 5.57. The molecule has 0 unspecified atom stereocenters. The maximum Gasteiger partial charge on any atom is 0.182 e. The van der Waals surface area contributed by atoms with E-state index in [-0.39, 0.29) is 37.2 Å². The Bertz CT molecular complexity index is 644. The van der Waals surface area contributed by atoms with Crippen molar-refractivity contribution in [1.82, 2.24) is 19.7 Å². The highest BCUT2D eigenvalue weighted by Gasteiger charge is 2.12. The SMILES string of the molecule is CNCCC#Cc1c(C)nc2c(N)ncc(Cl)n12.Cl.Cl.Cl. The van der Waals surface area contributed by atoms with Crippen LogP contribution in [0.5, 0.6) is 0 Å². The van der Waals surface area contributed by atoms with Crippen molar-refractivity contribution in [1.29, 1.82) is 0 Å². The zero-order valence-electron chi connectivity index (χ0n) is 11.5. The Morgan fingerprint density at radius 2 is 2.05 bits per heavy atom. The van der Waals surface area contributed by atoms with Gasteiger partial charge in [-0.3, -0.25) is 4.40 Å². The van der Waals surface area contributed by atoms with Crippen LogP contribution in [0.15, 0.2) is 6.20 Å². The highest BCUT2D eigenvalue weighted by molar-refractivity contribution is 6.29. The van der Waals surface area contributed by atoms with Gasteiger partial charge < -0.3 is 11.1 Å². The molecule has 0 aliphatic carbocycles. The van der Waals surface area contributed by atoms with Gasteiger partial charge in [0.25, 0.3) is 0 Å². The summed E-state index contributed by atoms with van der Waals surface area (Å²) < 4.78 is 1.73. The Hall–Kier alpha value is -0.900. The van der Waals surface area contributed by atoms with Gasteiger partial charge in [-0.2, -0.15) is 0 Å². The molecule has 2 rings (SSSR count). The molecule has 21 heavy (non-hydrogen) atoms. The number of aromatic nitrogens is 3. The fourth-order valence-electron chi connectivity index (χ4n) is 1.63. The van der Waals surface area contributed by atoms with Crippen molar-refractivity contribution in [2.24, 2.45) is 0 Å². The molecule has 0 aliphatic heterocycles. The number of hydrogen-bond donors (Lipinski definition) is 2. The van der Waals surface area contributed by atoms with Gasteiger partial charge in [0, 0.05) is 13.0 Å². The summed E-state index contributed by atoms with van der Waals surface area (Å²) >= 11 is 6.11. The molecule has 2 aromatic heterocycles. The van der Waals surface area contributed by atoms with E-state index in [2.05, 4.69) is 27.1 Å². The Kier molecular flexibility index (Phi) is 10.6. The number of halogens is 4. The van der Waals surface area contributed by atoms with Crippen molar-refractivity contribution >= 4 is 60.3 Å². The molecular formula is C12H17Cl4N5. The monoisotopic (exact) mass is 371 g/mol. The smallest absolute Gasteiger partial charge is 0.182 e. The van der Waals surface area contributed by atoms with Crippen molar-refractivity contribution in [3.05, 3.63) is 22.7 Å². The summed E-state index contributed by atoms with van der Waals surface area (Å²) in [6.45, 7) is 2.73. The second kappa shape index (κ2) is 9.93. The van der Waals surface area contributed by atoms with E-state index in [1.807, 2.05) is 14.0 Å². The molecule has 0 spiro atoms.